The van der Waals surface area contributed by atoms with Crippen LogP contribution in [0, 0.1) is 11.7 Å². The normalized spacial score (nSPS) is 25.5. The van der Waals surface area contributed by atoms with Gasteiger partial charge in [0.15, 0.2) is 0 Å². The van der Waals surface area contributed by atoms with Gasteiger partial charge in [0.05, 0.1) is 5.69 Å². The summed E-state index contributed by atoms with van der Waals surface area (Å²) >= 11 is 5.68. The van der Waals surface area contributed by atoms with E-state index in [0.29, 0.717) is 10.9 Å². The van der Waals surface area contributed by atoms with E-state index in [1.807, 2.05) is 0 Å². The van der Waals surface area contributed by atoms with E-state index in [4.69, 9.17) is 11.6 Å². The fourth-order valence-corrected chi connectivity index (χ4v) is 3.04. The molecule has 0 aliphatic carbocycles. The van der Waals surface area contributed by atoms with E-state index >= 15 is 0 Å². The lowest BCUT2D eigenvalue weighted by molar-refractivity contribution is 0.206. The van der Waals surface area contributed by atoms with Crippen LogP contribution in [0.2, 0.25) is 5.02 Å². The third kappa shape index (κ3) is 2.40. The molecule has 0 aromatic heterocycles. The van der Waals surface area contributed by atoms with E-state index in [1.54, 1.807) is 11.0 Å². The van der Waals surface area contributed by atoms with E-state index < -0.39 is 5.82 Å². The molecule has 102 valence electrons. The van der Waals surface area contributed by atoms with Crippen LogP contribution in [0.4, 0.5) is 14.9 Å². The van der Waals surface area contributed by atoms with Gasteiger partial charge in [0.2, 0.25) is 0 Å². The van der Waals surface area contributed by atoms with Crippen molar-refractivity contribution in [3.8, 4) is 0 Å². The Labute approximate surface area is 115 Å². The summed E-state index contributed by atoms with van der Waals surface area (Å²) in [6, 6.07) is 4.23. The highest BCUT2D eigenvalue weighted by atomic mass is 35.5. The lowest BCUT2D eigenvalue weighted by Gasteiger charge is -2.23. The second-order valence-corrected chi connectivity index (χ2v) is 5.46. The number of fused-ring (bicyclic) bond motifs is 1. The zero-order valence-electron chi connectivity index (χ0n) is 10.3. The van der Waals surface area contributed by atoms with Gasteiger partial charge >= 0.3 is 6.03 Å². The molecule has 4 nitrogen and oxygen atoms in total. The Bertz CT molecular complexity index is 511. The van der Waals surface area contributed by atoms with Gasteiger partial charge in [-0.1, -0.05) is 11.6 Å². The number of anilines is 1. The van der Waals surface area contributed by atoms with E-state index in [9.17, 15) is 9.18 Å². The Kier molecular flexibility index (Phi) is 3.33. The first kappa shape index (κ1) is 12.7. The van der Waals surface area contributed by atoms with Crippen LogP contribution < -0.4 is 10.6 Å². The quantitative estimate of drug-likeness (QED) is 0.831. The van der Waals surface area contributed by atoms with Gasteiger partial charge in [-0.2, -0.15) is 0 Å². The summed E-state index contributed by atoms with van der Waals surface area (Å²) in [7, 11) is 0. The number of hydrogen-bond acceptors (Lipinski definition) is 2. The Balaban J connectivity index is 1.71. The maximum atomic E-state index is 13.6. The maximum absolute atomic E-state index is 13.6. The number of amides is 2. The van der Waals surface area contributed by atoms with Crippen LogP contribution in [0.1, 0.15) is 6.42 Å². The lowest BCUT2D eigenvalue weighted by Crippen LogP contribution is -2.41. The van der Waals surface area contributed by atoms with Crippen molar-refractivity contribution in [2.75, 3.05) is 25.0 Å². The van der Waals surface area contributed by atoms with Crippen molar-refractivity contribution >= 4 is 23.3 Å². The van der Waals surface area contributed by atoms with Gasteiger partial charge in [-0.15, -0.1) is 0 Å². The largest absolute Gasteiger partial charge is 0.322 e. The topological polar surface area (TPSA) is 44.4 Å². The maximum Gasteiger partial charge on any atom is 0.322 e. The molecule has 2 aliphatic heterocycles. The summed E-state index contributed by atoms with van der Waals surface area (Å²) < 4.78 is 13.6. The molecule has 0 unspecified atom stereocenters. The predicted octanol–water partition coefficient (Wildman–Crippen LogP) is 2.30. The van der Waals surface area contributed by atoms with Crippen molar-refractivity contribution in [1.82, 2.24) is 10.2 Å². The molecule has 0 spiro atoms. The molecule has 1 aromatic rings. The van der Waals surface area contributed by atoms with Crippen molar-refractivity contribution in [1.29, 1.82) is 0 Å². The van der Waals surface area contributed by atoms with E-state index in [1.165, 1.54) is 12.1 Å². The Morgan fingerprint density at radius 2 is 2.32 bits per heavy atom. The van der Waals surface area contributed by atoms with Crippen LogP contribution in [-0.2, 0) is 0 Å². The van der Waals surface area contributed by atoms with Gasteiger partial charge in [0.1, 0.15) is 5.82 Å². The highest BCUT2D eigenvalue weighted by Gasteiger charge is 2.39. The van der Waals surface area contributed by atoms with E-state index in [2.05, 4.69) is 10.6 Å². The second kappa shape index (κ2) is 4.98. The number of benzene rings is 1. The van der Waals surface area contributed by atoms with Gasteiger partial charge in [-0.25, -0.2) is 9.18 Å². The zero-order chi connectivity index (χ0) is 13.4. The Hall–Kier alpha value is -1.33. The fraction of sp³-hybridized carbons (Fsp3) is 0.462. The highest BCUT2D eigenvalue weighted by Crippen LogP contribution is 2.28. The third-order valence-electron chi connectivity index (χ3n) is 3.88. The Morgan fingerprint density at radius 1 is 1.47 bits per heavy atom. The van der Waals surface area contributed by atoms with Crippen molar-refractivity contribution < 1.29 is 9.18 Å². The minimum atomic E-state index is -0.513. The summed E-state index contributed by atoms with van der Waals surface area (Å²) in [5, 5.41) is 6.21. The molecule has 2 amide bonds. The molecule has 2 N–H and O–H groups in total. The summed E-state index contributed by atoms with van der Waals surface area (Å²) in [5.74, 6) is 0.0157. The van der Waals surface area contributed by atoms with Gasteiger partial charge in [-0.05, 0) is 30.5 Å². The van der Waals surface area contributed by atoms with Crippen molar-refractivity contribution in [2.45, 2.75) is 12.5 Å². The molecule has 2 aliphatic rings. The Morgan fingerprint density at radius 3 is 3.11 bits per heavy atom. The van der Waals surface area contributed by atoms with Gasteiger partial charge in [0, 0.05) is 30.7 Å². The highest BCUT2D eigenvalue weighted by molar-refractivity contribution is 6.30. The molecule has 3 rings (SSSR count). The van der Waals surface area contributed by atoms with Gasteiger partial charge < -0.3 is 15.5 Å². The van der Waals surface area contributed by atoms with Gasteiger partial charge in [0.25, 0.3) is 0 Å². The molecule has 2 saturated heterocycles. The van der Waals surface area contributed by atoms with Crippen LogP contribution >= 0.6 is 11.6 Å². The molecule has 6 heteroatoms. The SMILES string of the molecule is O=C(Nc1ccc(Cl)cc1F)N1CC[C@H]2CNC[C@H]21. The number of hydrogen-bond donors (Lipinski definition) is 2. The monoisotopic (exact) mass is 283 g/mol. The molecule has 0 bridgehead atoms. The second-order valence-electron chi connectivity index (χ2n) is 5.02. The zero-order valence-corrected chi connectivity index (χ0v) is 11.1. The standard InChI is InChI=1S/C13H15ClFN3O/c14-9-1-2-11(10(15)5-9)17-13(19)18-4-3-8-6-16-7-12(8)18/h1-2,5,8,12,16H,3-4,6-7H2,(H,17,19)/t8-,12+/m0/s1. The number of carbonyl (C=O) groups is 1. The van der Waals surface area contributed by atoms with Crippen LogP contribution in [-0.4, -0.2) is 36.6 Å². The fourth-order valence-electron chi connectivity index (χ4n) is 2.88. The summed E-state index contributed by atoms with van der Waals surface area (Å²) in [5.41, 5.74) is 0.170. The molecular weight excluding hydrogens is 269 g/mol. The molecule has 0 saturated carbocycles. The number of nitrogens with zero attached hydrogens (tertiary/aromatic N) is 1. The van der Waals surface area contributed by atoms with Crippen molar-refractivity contribution in [2.24, 2.45) is 5.92 Å². The average Bonchev–Trinajstić information content (AvgIpc) is 2.94. The summed E-state index contributed by atoms with van der Waals surface area (Å²) in [6.07, 6.45) is 1.01. The number of halogens is 2. The molecule has 2 heterocycles. The molecule has 0 radical (unpaired) electrons. The first-order valence-electron chi connectivity index (χ1n) is 6.38. The van der Waals surface area contributed by atoms with Crippen LogP contribution in [0.15, 0.2) is 18.2 Å². The first-order valence-corrected chi connectivity index (χ1v) is 6.76. The molecule has 19 heavy (non-hydrogen) atoms. The number of urea groups is 1. The molecule has 1 aromatic carbocycles. The van der Waals surface area contributed by atoms with Crippen LogP contribution in [0.25, 0.3) is 0 Å². The number of rotatable bonds is 1. The van der Waals surface area contributed by atoms with E-state index in [-0.39, 0.29) is 17.8 Å². The molecule has 2 atom stereocenters. The van der Waals surface area contributed by atoms with Crippen molar-refractivity contribution in [3.63, 3.8) is 0 Å². The lowest BCUT2D eigenvalue weighted by atomic mass is 10.1. The smallest absolute Gasteiger partial charge is 0.320 e. The van der Waals surface area contributed by atoms with E-state index in [0.717, 1.165) is 26.1 Å². The predicted molar refractivity (Wildman–Crippen MR) is 71.9 cm³/mol. The van der Waals surface area contributed by atoms with Crippen LogP contribution in [0.5, 0.6) is 0 Å². The molecule has 2 fully saturated rings. The average molecular weight is 284 g/mol. The minimum Gasteiger partial charge on any atom is -0.320 e. The number of likely N-dealkylation sites (tertiary alicyclic amines) is 1. The first-order chi connectivity index (χ1) is 9.15. The summed E-state index contributed by atoms with van der Waals surface area (Å²) in [4.78, 5) is 14.0. The number of carbonyl (C=O) groups excluding carboxylic acids is 1. The minimum absolute atomic E-state index is 0.170. The van der Waals surface area contributed by atoms with Gasteiger partial charge in [-0.3, -0.25) is 0 Å². The number of nitrogens with one attached hydrogen (secondary N) is 2. The third-order valence-corrected chi connectivity index (χ3v) is 4.11. The van der Waals surface area contributed by atoms with Crippen LogP contribution in [0.3, 0.4) is 0 Å². The van der Waals surface area contributed by atoms with Crippen molar-refractivity contribution in [3.05, 3.63) is 29.0 Å². The molecular formula is C13H15ClFN3O. The summed E-state index contributed by atoms with van der Waals surface area (Å²) in [6.45, 7) is 2.52.